The summed E-state index contributed by atoms with van der Waals surface area (Å²) in [7, 11) is 0. The molecule has 3 N–H and O–H groups in total. The minimum atomic E-state index is -4.31. The molecule has 4 nitrogen and oxygen atoms in total. The summed E-state index contributed by atoms with van der Waals surface area (Å²) in [5.41, 5.74) is 5.20. The number of hydrogen-bond donors (Lipinski definition) is 2. The molecule has 134 valence electrons. The summed E-state index contributed by atoms with van der Waals surface area (Å²) in [6, 6.07) is 5.23. The fourth-order valence-corrected chi connectivity index (χ4v) is 2.92. The number of urea groups is 1. The second-order valence-corrected chi connectivity index (χ2v) is 6.94. The van der Waals surface area contributed by atoms with Crippen LogP contribution in [0.15, 0.2) is 24.3 Å². The molecule has 7 heteroatoms. The highest BCUT2D eigenvalue weighted by molar-refractivity contribution is 5.72. The molecule has 1 aromatic carbocycles. The number of nitrogens with zero attached hydrogens (tertiary/aromatic N) is 1. The zero-order valence-corrected chi connectivity index (χ0v) is 14.0. The number of carbonyl (C=O) groups is 1. The van der Waals surface area contributed by atoms with E-state index < -0.39 is 17.8 Å². The van der Waals surface area contributed by atoms with Gasteiger partial charge in [0.25, 0.3) is 0 Å². The lowest BCUT2D eigenvalue weighted by Gasteiger charge is -2.34. The average Bonchev–Trinajstić information content (AvgIpc) is 2.53. The summed E-state index contributed by atoms with van der Waals surface area (Å²) >= 11 is 0. The van der Waals surface area contributed by atoms with Gasteiger partial charge in [0.15, 0.2) is 0 Å². The number of carbonyl (C=O) groups excluding carboxylic acids is 1. The molecule has 0 unspecified atom stereocenters. The Bertz CT molecular complexity index is 561. The Kier molecular flexibility index (Phi) is 5.42. The van der Waals surface area contributed by atoms with Crippen LogP contribution in [0.3, 0.4) is 0 Å². The predicted molar refractivity (Wildman–Crippen MR) is 86.7 cm³/mol. The first kappa shape index (κ1) is 18.6. The summed E-state index contributed by atoms with van der Waals surface area (Å²) in [6.07, 6.45) is -2.66. The van der Waals surface area contributed by atoms with Crippen LogP contribution in [0.25, 0.3) is 0 Å². The van der Waals surface area contributed by atoms with E-state index in [0.29, 0.717) is 19.6 Å². The third kappa shape index (κ3) is 4.63. The van der Waals surface area contributed by atoms with Crippen molar-refractivity contribution in [1.82, 2.24) is 10.2 Å². The largest absolute Gasteiger partial charge is 0.416 e. The van der Waals surface area contributed by atoms with E-state index in [-0.39, 0.29) is 11.5 Å². The fourth-order valence-electron chi connectivity index (χ4n) is 2.92. The van der Waals surface area contributed by atoms with Gasteiger partial charge in [0.1, 0.15) is 0 Å². The summed E-state index contributed by atoms with van der Waals surface area (Å²) < 4.78 is 37.9. The van der Waals surface area contributed by atoms with Crippen LogP contribution in [0.2, 0.25) is 0 Å². The Morgan fingerprint density at radius 3 is 2.12 bits per heavy atom. The first-order chi connectivity index (χ1) is 11.1. The number of alkyl halides is 3. The maximum Gasteiger partial charge on any atom is 0.416 e. The van der Waals surface area contributed by atoms with Crippen molar-refractivity contribution < 1.29 is 18.0 Å². The lowest BCUT2D eigenvalue weighted by molar-refractivity contribution is -0.137. The molecular weight excluding hydrogens is 319 g/mol. The molecule has 1 aromatic rings. The van der Waals surface area contributed by atoms with Crippen molar-refractivity contribution in [2.75, 3.05) is 19.6 Å². The molecule has 0 radical (unpaired) electrons. The lowest BCUT2D eigenvalue weighted by atomic mass is 9.83. The summed E-state index contributed by atoms with van der Waals surface area (Å²) in [5.74, 6) is 0. The maximum absolute atomic E-state index is 12.6. The Morgan fingerprint density at radius 2 is 1.67 bits per heavy atom. The molecule has 0 aliphatic carbocycles. The molecule has 1 saturated heterocycles. The normalized spacial score (nSPS) is 17.1. The van der Waals surface area contributed by atoms with Gasteiger partial charge in [0.05, 0.1) is 5.56 Å². The number of rotatable bonds is 4. The highest BCUT2D eigenvalue weighted by Gasteiger charge is 2.31. The monoisotopic (exact) mass is 343 g/mol. The van der Waals surface area contributed by atoms with Crippen LogP contribution in [0.1, 0.15) is 37.8 Å². The van der Waals surface area contributed by atoms with E-state index in [9.17, 15) is 18.0 Å². The Morgan fingerprint density at radius 1 is 1.17 bits per heavy atom. The predicted octanol–water partition coefficient (Wildman–Crippen LogP) is 3.12. The molecule has 0 spiro atoms. The minimum absolute atomic E-state index is 0.286. The second-order valence-electron chi connectivity index (χ2n) is 6.94. The molecule has 0 saturated carbocycles. The Balaban J connectivity index is 1.91. The topological polar surface area (TPSA) is 58.4 Å². The van der Waals surface area contributed by atoms with E-state index in [0.717, 1.165) is 30.5 Å². The molecule has 24 heavy (non-hydrogen) atoms. The molecular formula is C17H24F3N3O. The highest BCUT2D eigenvalue weighted by Crippen LogP contribution is 2.31. The second kappa shape index (κ2) is 7.01. The molecule has 1 fully saturated rings. The standard InChI is InChI=1S/C17H24F3N3O/c1-16(2,12-3-5-13(6-4-12)17(18,19)20)11-22-14-7-9-23(10-8-14)15(21)24/h3-6,14,22H,7-11H2,1-2H3,(H2,21,24). The minimum Gasteiger partial charge on any atom is -0.351 e. The smallest absolute Gasteiger partial charge is 0.351 e. The van der Waals surface area contributed by atoms with Crippen LogP contribution in [0.5, 0.6) is 0 Å². The van der Waals surface area contributed by atoms with Crippen LogP contribution in [0, 0.1) is 0 Å². The van der Waals surface area contributed by atoms with Gasteiger partial charge >= 0.3 is 12.2 Å². The SMILES string of the molecule is CC(C)(CNC1CCN(C(N)=O)CC1)c1ccc(C(F)(F)F)cc1. The quantitative estimate of drug-likeness (QED) is 0.882. The van der Waals surface area contributed by atoms with Crippen molar-refractivity contribution in [3.05, 3.63) is 35.4 Å². The average molecular weight is 343 g/mol. The van der Waals surface area contributed by atoms with Gasteiger partial charge in [-0.2, -0.15) is 13.2 Å². The fraction of sp³-hybridized carbons (Fsp3) is 0.588. The number of piperidine rings is 1. The van der Waals surface area contributed by atoms with E-state index in [1.165, 1.54) is 0 Å². The van der Waals surface area contributed by atoms with E-state index in [1.54, 1.807) is 17.0 Å². The third-order valence-electron chi connectivity index (χ3n) is 4.63. The Hall–Kier alpha value is -1.76. The van der Waals surface area contributed by atoms with Crippen LogP contribution in [-0.4, -0.2) is 36.6 Å². The molecule has 0 atom stereocenters. The van der Waals surface area contributed by atoms with Gasteiger partial charge in [0, 0.05) is 31.1 Å². The number of nitrogens with one attached hydrogen (secondary N) is 1. The summed E-state index contributed by atoms with van der Waals surface area (Å²) in [6.45, 7) is 5.92. The van der Waals surface area contributed by atoms with Gasteiger partial charge in [-0.3, -0.25) is 0 Å². The summed E-state index contributed by atoms with van der Waals surface area (Å²) in [5, 5.41) is 3.46. The van der Waals surface area contributed by atoms with Crippen LogP contribution in [0.4, 0.5) is 18.0 Å². The molecule has 2 rings (SSSR count). The zero-order valence-electron chi connectivity index (χ0n) is 14.0. The number of benzene rings is 1. The van der Waals surface area contributed by atoms with Crippen molar-refractivity contribution in [2.45, 2.75) is 44.3 Å². The van der Waals surface area contributed by atoms with Crippen LogP contribution >= 0.6 is 0 Å². The van der Waals surface area contributed by atoms with Gasteiger partial charge in [-0.15, -0.1) is 0 Å². The molecule has 1 aliphatic rings. The number of primary amides is 1. The van der Waals surface area contributed by atoms with E-state index in [1.807, 2.05) is 13.8 Å². The van der Waals surface area contributed by atoms with Gasteiger partial charge in [-0.25, -0.2) is 4.79 Å². The lowest BCUT2D eigenvalue weighted by Crippen LogP contribution is -2.48. The van der Waals surface area contributed by atoms with Gasteiger partial charge in [-0.05, 0) is 30.5 Å². The van der Waals surface area contributed by atoms with Gasteiger partial charge < -0.3 is 16.0 Å². The van der Waals surface area contributed by atoms with Gasteiger partial charge in [-0.1, -0.05) is 26.0 Å². The number of halogens is 3. The van der Waals surface area contributed by atoms with E-state index in [2.05, 4.69) is 5.32 Å². The number of hydrogen-bond acceptors (Lipinski definition) is 2. The van der Waals surface area contributed by atoms with Crippen molar-refractivity contribution in [3.8, 4) is 0 Å². The molecule has 1 aliphatic heterocycles. The highest BCUT2D eigenvalue weighted by atomic mass is 19.4. The van der Waals surface area contributed by atoms with Crippen LogP contribution < -0.4 is 11.1 Å². The van der Waals surface area contributed by atoms with Crippen LogP contribution in [-0.2, 0) is 11.6 Å². The first-order valence-electron chi connectivity index (χ1n) is 8.05. The number of nitrogens with two attached hydrogens (primary N) is 1. The molecule has 1 heterocycles. The van der Waals surface area contributed by atoms with E-state index in [4.69, 9.17) is 5.73 Å². The van der Waals surface area contributed by atoms with E-state index >= 15 is 0 Å². The van der Waals surface area contributed by atoms with Crippen molar-refractivity contribution >= 4 is 6.03 Å². The van der Waals surface area contributed by atoms with Gasteiger partial charge in [0.2, 0.25) is 0 Å². The summed E-state index contributed by atoms with van der Waals surface area (Å²) in [4.78, 5) is 12.7. The van der Waals surface area contributed by atoms with Crippen molar-refractivity contribution in [2.24, 2.45) is 5.73 Å². The molecule has 0 aromatic heterocycles. The number of amides is 2. The Labute approximate surface area is 140 Å². The molecule has 0 bridgehead atoms. The zero-order chi connectivity index (χ0) is 18.0. The van der Waals surface area contributed by atoms with Crippen molar-refractivity contribution in [3.63, 3.8) is 0 Å². The number of likely N-dealkylation sites (tertiary alicyclic amines) is 1. The van der Waals surface area contributed by atoms with Crippen molar-refractivity contribution in [1.29, 1.82) is 0 Å². The first-order valence-corrected chi connectivity index (χ1v) is 8.05. The maximum atomic E-state index is 12.6. The third-order valence-corrected chi connectivity index (χ3v) is 4.63. The molecule has 2 amide bonds.